The fourth-order valence-corrected chi connectivity index (χ4v) is 4.51. The number of benzene rings is 3. The molecule has 1 N–H and O–H groups in total. The lowest BCUT2D eigenvalue weighted by Gasteiger charge is -2.43. The van der Waals surface area contributed by atoms with E-state index >= 15 is 0 Å². The van der Waals surface area contributed by atoms with Crippen molar-refractivity contribution in [3.63, 3.8) is 0 Å². The summed E-state index contributed by atoms with van der Waals surface area (Å²) in [6.45, 7) is 2.26. The summed E-state index contributed by atoms with van der Waals surface area (Å²) < 4.78 is 46.7. The number of hydrogen-bond acceptors (Lipinski definition) is 3. The molecular formula is C27H26F3NO3. The molecule has 0 radical (unpaired) electrons. The third-order valence-electron chi connectivity index (χ3n) is 6.49. The van der Waals surface area contributed by atoms with Gasteiger partial charge in [-0.15, -0.1) is 0 Å². The lowest BCUT2D eigenvalue weighted by atomic mass is 9.84. The summed E-state index contributed by atoms with van der Waals surface area (Å²) in [5.74, 6) is -1.64. The largest absolute Gasteiger partial charge is 0.438 e. The molecule has 178 valence electrons. The zero-order valence-electron chi connectivity index (χ0n) is 18.8. The molecule has 34 heavy (non-hydrogen) atoms. The number of amides is 1. The summed E-state index contributed by atoms with van der Waals surface area (Å²) in [5.41, 5.74) is 1.52. The first kappa shape index (κ1) is 23.8. The van der Waals surface area contributed by atoms with Gasteiger partial charge < -0.3 is 14.7 Å². The topological polar surface area (TPSA) is 49.8 Å². The van der Waals surface area contributed by atoms with Gasteiger partial charge in [0.05, 0.1) is 6.04 Å². The predicted octanol–water partition coefficient (Wildman–Crippen LogP) is 6.34. The molecule has 1 amide bonds. The Labute approximate surface area is 196 Å². The first-order chi connectivity index (χ1) is 16.3. The van der Waals surface area contributed by atoms with Crippen LogP contribution < -0.4 is 0 Å². The minimum absolute atomic E-state index is 0.0401. The molecule has 2 atom stereocenters. The standard InChI is InChI=1S/C27H26F3NO3/c1-18(19-3-5-20(6-4-19)24-12-11-23(29)17-25(24)30)31-15-14-27(13-2-16-32,34-26(31)33)21-7-9-22(28)10-8-21/h3-12,17-18,32H,2,13-16H2,1H3. The predicted molar refractivity (Wildman–Crippen MR) is 122 cm³/mol. The highest BCUT2D eigenvalue weighted by molar-refractivity contribution is 5.70. The fraction of sp³-hybridized carbons (Fsp3) is 0.296. The molecule has 0 aromatic heterocycles. The van der Waals surface area contributed by atoms with E-state index in [0.717, 1.165) is 11.6 Å². The number of nitrogens with zero attached hydrogens (tertiary/aromatic N) is 1. The molecule has 4 nitrogen and oxygen atoms in total. The van der Waals surface area contributed by atoms with Crippen LogP contribution in [0.1, 0.15) is 43.4 Å². The third kappa shape index (κ3) is 4.80. The molecular weight excluding hydrogens is 443 g/mol. The first-order valence-corrected chi connectivity index (χ1v) is 11.2. The lowest BCUT2D eigenvalue weighted by Crippen LogP contribution is -2.48. The minimum atomic E-state index is -0.923. The van der Waals surface area contributed by atoms with E-state index in [1.165, 1.54) is 24.3 Å². The van der Waals surface area contributed by atoms with Crippen molar-refractivity contribution >= 4 is 6.09 Å². The van der Waals surface area contributed by atoms with Crippen LogP contribution in [-0.4, -0.2) is 29.3 Å². The Morgan fingerprint density at radius 3 is 2.29 bits per heavy atom. The smallest absolute Gasteiger partial charge is 0.411 e. The normalized spacial score (nSPS) is 19.1. The second-order valence-corrected chi connectivity index (χ2v) is 8.56. The molecule has 1 fully saturated rings. The van der Waals surface area contributed by atoms with E-state index in [4.69, 9.17) is 4.74 Å². The van der Waals surface area contributed by atoms with E-state index in [-0.39, 0.29) is 18.5 Å². The van der Waals surface area contributed by atoms with Crippen LogP contribution in [0.3, 0.4) is 0 Å². The second kappa shape index (κ2) is 9.89. The fourth-order valence-electron chi connectivity index (χ4n) is 4.51. The Kier molecular flexibility index (Phi) is 6.93. The van der Waals surface area contributed by atoms with Gasteiger partial charge >= 0.3 is 6.09 Å². The van der Waals surface area contributed by atoms with Crippen molar-refractivity contribution in [2.75, 3.05) is 13.2 Å². The molecule has 1 aliphatic heterocycles. The highest BCUT2D eigenvalue weighted by Crippen LogP contribution is 2.40. The van der Waals surface area contributed by atoms with Crippen molar-refractivity contribution in [2.24, 2.45) is 0 Å². The summed E-state index contributed by atoms with van der Waals surface area (Å²) in [7, 11) is 0. The van der Waals surface area contributed by atoms with Crippen LogP contribution in [0, 0.1) is 17.5 Å². The zero-order valence-corrected chi connectivity index (χ0v) is 18.8. The van der Waals surface area contributed by atoms with E-state index in [1.807, 2.05) is 19.1 Å². The number of carbonyl (C=O) groups is 1. The summed E-state index contributed by atoms with van der Waals surface area (Å²) in [6.07, 6.45) is 0.880. The number of rotatable bonds is 7. The van der Waals surface area contributed by atoms with Crippen LogP contribution in [0.5, 0.6) is 0 Å². The Hall–Kier alpha value is -3.32. The molecule has 0 bridgehead atoms. The Morgan fingerprint density at radius 2 is 1.68 bits per heavy atom. The Morgan fingerprint density at radius 1 is 1.00 bits per heavy atom. The molecule has 1 saturated heterocycles. The summed E-state index contributed by atoms with van der Waals surface area (Å²) in [6, 6.07) is 16.2. The van der Waals surface area contributed by atoms with Crippen LogP contribution in [0.2, 0.25) is 0 Å². The third-order valence-corrected chi connectivity index (χ3v) is 6.49. The molecule has 3 aromatic rings. The van der Waals surface area contributed by atoms with E-state index in [0.29, 0.717) is 42.5 Å². The Balaban J connectivity index is 1.52. The highest BCUT2D eigenvalue weighted by Gasteiger charge is 2.43. The van der Waals surface area contributed by atoms with Crippen molar-refractivity contribution in [3.8, 4) is 11.1 Å². The molecule has 4 rings (SSSR count). The van der Waals surface area contributed by atoms with Gasteiger partial charge in [0.15, 0.2) is 0 Å². The van der Waals surface area contributed by atoms with Gasteiger partial charge in [0.1, 0.15) is 23.1 Å². The molecule has 0 saturated carbocycles. The van der Waals surface area contributed by atoms with E-state index in [2.05, 4.69) is 0 Å². The number of cyclic esters (lactones) is 1. The van der Waals surface area contributed by atoms with Crippen molar-refractivity contribution in [2.45, 2.75) is 37.8 Å². The lowest BCUT2D eigenvalue weighted by molar-refractivity contribution is -0.0680. The van der Waals surface area contributed by atoms with Gasteiger partial charge in [0.2, 0.25) is 0 Å². The number of hydrogen-bond donors (Lipinski definition) is 1. The van der Waals surface area contributed by atoms with Crippen LogP contribution in [-0.2, 0) is 10.3 Å². The monoisotopic (exact) mass is 469 g/mol. The second-order valence-electron chi connectivity index (χ2n) is 8.56. The van der Waals surface area contributed by atoms with Crippen molar-refractivity contribution in [1.29, 1.82) is 0 Å². The quantitative estimate of drug-likeness (QED) is 0.439. The number of aliphatic hydroxyl groups is 1. The maximum Gasteiger partial charge on any atom is 0.411 e. The van der Waals surface area contributed by atoms with Crippen LogP contribution in [0.4, 0.5) is 18.0 Å². The molecule has 1 aliphatic rings. The van der Waals surface area contributed by atoms with Crippen LogP contribution >= 0.6 is 0 Å². The number of aliphatic hydroxyl groups excluding tert-OH is 1. The molecule has 0 aliphatic carbocycles. The van der Waals surface area contributed by atoms with Gasteiger partial charge in [0.25, 0.3) is 0 Å². The van der Waals surface area contributed by atoms with Gasteiger partial charge in [-0.3, -0.25) is 0 Å². The van der Waals surface area contributed by atoms with Crippen molar-refractivity contribution in [3.05, 3.63) is 95.3 Å². The summed E-state index contributed by atoms with van der Waals surface area (Å²) >= 11 is 0. The zero-order chi connectivity index (χ0) is 24.3. The molecule has 7 heteroatoms. The molecule has 1 heterocycles. The molecule has 0 spiro atoms. The maximum atomic E-state index is 14.1. The molecule has 2 unspecified atom stereocenters. The van der Waals surface area contributed by atoms with Gasteiger partial charge in [-0.25, -0.2) is 18.0 Å². The highest BCUT2D eigenvalue weighted by atomic mass is 19.1. The van der Waals surface area contributed by atoms with Crippen molar-refractivity contribution < 1.29 is 27.8 Å². The average molecular weight is 470 g/mol. The summed E-state index contributed by atoms with van der Waals surface area (Å²) in [4.78, 5) is 14.7. The van der Waals surface area contributed by atoms with Gasteiger partial charge in [-0.05, 0) is 60.7 Å². The van der Waals surface area contributed by atoms with E-state index < -0.39 is 23.3 Å². The van der Waals surface area contributed by atoms with Gasteiger partial charge in [0, 0.05) is 31.2 Å². The van der Waals surface area contributed by atoms with Gasteiger partial charge in [-0.2, -0.15) is 0 Å². The SMILES string of the molecule is CC(c1ccc(-c2ccc(F)cc2F)cc1)N1CCC(CCCO)(c2ccc(F)cc2)OC1=O. The van der Waals surface area contributed by atoms with Crippen LogP contribution in [0.25, 0.3) is 11.1 Å². The van der Waals surface area contributed by atoms with E-state index in [1.54, 1.807) is 29.2 Å². The average Bonchev–Trinajstić information content (AvgIpc) is 2.83. The number of carbonyl (C=O) groups excluding carboxylic acids is 1. The van der Waals surface area contributed by atoms with Crippen LogP contribution in [0.15, 0.2) is 66.7 Å². The maximum absolute atomic E-state index is 14.1. The minimum Gasteiger partial charge on any atom is -0.438 e. The first-order valence-electron chi connectivity index (χ1n) is 11.2. The van der Waals surface area contributed by atoms with Gasteiger partial charge in [-0.1, -0.05) is 36.4 Å². The van der Waals surface area contributed by atoms with E-state index in [9.17, 15) is 23.1 Å². The number of ether oxygens (including phenoxy) is 1. The summed E-state index contributed by atoms with van der Waals surface area (Å²) in [5, 5.41) is 9.34. The van der Waals surface area contributed by atoms with Crippen molar-refractivity contribution in [1.82, 2.24) is 4.90 Å². The Bertz CT molecular complexity index is 1150. The number of halogens is 3. The molecule has 3 aromatic carbocycles.